The molecule has 4 rings (SSSR count). The summed E-state index contributed by atoms with van der Waals surface area (Å²) in [5.74, 6) is -0.816. The molecule has 3 aromatic rings. The molecule has 0 aliphatic carbocycles. The molecule has 38 heavy (non-hydrogen) atoms. The van der Waals surface area contributed by atoms with Crippen molar-refractivity contribution < 1.29 is 24.1 Å². The molecule has 0 radical (unpaired) electrons. The highest BCUT2D eigenvalue weighted by Gasteiger charge is 2.24. The van der Waals surface area contributed by atoms with Crippen LogP contribution in [0.2, 0.25) is 5.02 Å². The van der Waals surface area contributed by atoms with Crippen molar-refractivity contribution in [2.24, 2.45) is 0 Å². The molecule has 8 nitrogen and oxygen atoms in total. The van der Waals surface area contributed by atoms with Crippen LogP contribution >= 0.6 is 11.6 Å². The third-order valence-electron chi connectivity index (χ3n) is 5.84. The monoisotopic (exact) mass is 565 g/mol. The van der Waals surface area contributed by atoms with Crippen molar-refractivity contribution in [3.05, 3.63) is 58.7 Å². The van der Waals surface area contributed by atoms with Gasteiger partial charge in [-0.3, -0.25) is 0 Å². The Morgan fingerprint density at radius 1 is 1.16 bits per heavy atom. The van der Waals surface area contributed by atoms with E-state index >= 15 is 0 Å². The van der Waals surface area contributed by atoms with Gasteiger partial charge in [-0.05, 0) is 102 Å². The molecular weight excluding hydrogens is 522 g/mol. The average molecular weight is 566 g/mol. The van der Waals surface area contributed by atoms with E-state index in [2.05, 4.69) is 25.9 Å². The number of nitrogens with one attached hydrogen (secondary N) is 3. The molecule has 1 aliphatic rings. The van der Waals surface area contributed by atoms with Gasteiger partial charge in [-0.25, -0.2) is 13.4 Å². The number of anilines is 4. The summed E-state index contributed by atoms with van der Waals surface area (Å²) >= 11 is 6.38. The van der Waals surface area contributed by atoms with Gasteiger partial charge < -0.3 is 20.7 Å². The summed E-state index contributed by atoms with van der Waals surface area (Å²) in [6.07, 6.45) is -0.623. The van der Waals surface area contributed by atoms with E-state index in [1.54, 1.807) is 32.0 Å². The summed E-state index contributed by atoms with van der Waals surface area (Å²) in [4.78, 5) is 8.64. The molecule has 0 spiro atoms. The van der Waals surface area contributed by atoms with Crippen LogP contribution in [0, 0.1) is 6.85 Å². The standard InChI is InChI=1S/C28H36ClN5O3S/c1-17(2)37-25-15-21(20-10-12-30-13-11-20)19(5)14-24(25)33-28-31-16-22(29)27(34-28)32-23-8-6-7-9-26(23)38(35,36)18(3)4/h6-9,14-18,20,30H,10-13H2,1-5H3,(H2,31,32,33,34)/i5D3,12D2,13D2,17D. The third-order valence-corrected chi connectivity index (χ3v) is 8.32. The van der Waals surface area contributed by atoms with Crippen molar-refractivity contribution in [3.8, 4) is 5.75 Å². The Bertz CT molecular complexity index is 1700. The summed E-state index contributed by atoms with van der Waals surface area (Å²) in [5, 5.41) is 7.58. The summed E-state index contributed by atoms with van der Waals surface area (Å²) in [7, 11) is -3.67. The minimum absolute atomic E-state index is 0.0316. The molecule has 3 N–H and O–H groups in total. The highest BCUT2D eigenvalue weighted by atomic mass is 35.5. The van der Waals surface area contributed by atoms with Gasteiger partial charge in [-0.2, -0.15) is 4.98 Å². The van der Waals surface area contributed by atoms with E-state index in [0.29, 0.717) is 0 Å². The van der Waals surface area contributed by atoms with Gasteiger partial charge >= 0.3 is 0 Å². The van der Waals surface area contributed by atoms with Crippen LogP contribution in [0.1, 0.15) is 68.5 Å². The molecule has 0 saturated carbocycles. The Labute approximate surface area is 241 Å². The number of piperidine rings is 1. The molecule has 0 amide bonds. The summed E-state index contributed by atoms with van der Waals surface area (Å²) < 4.78 is 97.8. The molecule has 1 aromatic heterocycles. The quantitative estimate of drug-likeness (QED) is 0.275. The minimum Gasteiger partial charge on any atom is -0.489 e. The van der Waals surface area contributed by atoms with Crippen LogP contribution in [0.4, 0.5) is 23.1 Å². The molecular formula is C28H36ClN5O3S. The number of halogens is 1. The molecule has 1 fully saturated rings. The maximum atomic E-state index is 13.0. The van der Waals surface area contributed by atoms with E-state index in [9.17, 15) is 8.42 Å². The fourth-order valence-electron chi connectivity index (χ4n) is 3.87. The van der Waals surface area contributed by atoms with Crippen molar-refractivity contribution in [2.75, 3.05) is 23.6 Å². The van der Waals surface area contributed by atoms with Gasteiger partial charge in [0.25, 0.3) is 0 Å². The van der Waals surface area contributed by atoms with Crippen LogP contribution < -0.4 is 20.7 Å². The first-order valence-corrected chi connectivity index (χ1v) is 14.0. The van der Waals surface area contributed by atoms with Gasteiger partial charge in [-0.15, -0.1) is 0 Å². The minimum atomic E-state index is -3.67. The molecule has 204 valence electrons. The number of hydrogen-bond donors (Lipinski definition) is 3. The molecule has 10 heteroatoms. The largest absolute Gasteiger partial charge is 0.489 e. The number of rotatable bonds is 9. The molecule has 2 heterocycles. The van der Waals surface area contributed by atoms with Crippen molar-refractivity contribution in [2.45, 2.75) is 69.5 Å². The number of ether oxygens (including phenoxy) is 1. The van der Waals surface area contributed by atoms with Crippen LogP contribution in [-0.4, -0.2) is 42.7 Å². The zero-order valence-electron chi connectivity index (χ0n) is 29.5. The first kappa shape index (κ1) is 19.2. The Hall–Kier alpha value is -2.88. The van der Waals surface area contributed by atoms with E-state index in [1.807, 2.05) is 0 Å². The van der Waals surface area contributed by atoms with Crippen LogP contribution in [0.5, 0.6) is 5.75 Å². The lowest BCUT2D eigenvalue weighted by molar-refractivity contribution is 0.243. The number of benzene rings is 2. The second-order valence-corrected chi connectivity index (χ2v) is 12.1. The van der Waals surface area contributed by atoms with Crippen molar-refractivity contribution >= 4 is 44.6 Å². The highest BCUT2D eigenvalue weighted by molar-refractivity contribution is 7.92. The lowest BCUT2D eigenvalue weighted by atomic mass is 9.87. The maximum absolute atomic E-state index is 13.0. The molecule has 0 bridgehead atoms. The van der Waals surface area contributed by atoms with Crippen molar-refractivity contribution in [1.82, 2.24) is 15.3 Å². The number of hydrogen-bond acceptors (Lipinski definition) is 8. The van der Waals surface area contributed by atoms with Crippen LogP contribution in [0.15, 0.2) is 47.5 Å². The van der Waals surface area contributed by atoms with E-state index in [4.69, 9.17) is 27.3 Å². The van der Waals surface area contributed by atoms with E-state index < -0.39 is 46.9 Å². The van der Waals surface area contributed by atoms with Gasteiger partial charge in [0.05, 0.1) is 35.2 Å². The average Bonchev–Trinajstić information content (AvgIpc) is 2.88. The zero-order valence-corrected chi connectivity index (χ0v) is 23.1. The first-order valence-electron chi connectivity index (χ1n) is 16.0. The van der Waals surface area contributed by atoms with Crippen LogP contribution in [0.25, 0.3) is 0 Å². The summed E-state index contributed by atoms with van der Waals surface area (Å²) in [6, 6.07) is 8.96. The Balaban J connectivity index is 1.80. The predicted molar refractivity (Wildman–Crippen MR) is 154 cm³/mol. The second kappa shape index (κ2) is 11.9. The van der Waals surface area contributed by atoms with Gasteiger partial charge in [-0.1, -0.05) is 23.7 Å². The predicted octanol–water partition coefficient (Wildman–Crippen LogP) is 6.36. The van der Waals surface area contributed by atoms with E-state index in [1.165, 1.54) is 38.2 Å². The van der Waals surface area contributed by atoms with Gasteiger partial charge in [0.2, 0.25) is 5.95 Å². The van der Waals surface area contributed by atoms with E-state index in [-0.39, 0.29) is 62.8 Å². The van der Waals surface area contributed by atoms with Crippen molar-refractivity contribution in [3.63, 3.8) is 0 Å². The van der Waals surface area contributed by atoms with Crippen LogP contribution in [-0.2, 0) is 9.84 Å². The highest BCUT2D eigenvalue weighted by Crippen LogP contribution is 2.37. The first-order chi connectivity index (χ1) is 21.0. The van der Waals surface area contributed by atoms with E-state index in [0.717, 1.165) is 0 Å². The number of aromatic nitrogens is 2. The lowest BCUT2D eigenvalue weighted by Crippen LogP contribution is -2.27. The normalized spacial score (nSPS) is 21.0. The Kier molecular flexibility index (Phi) is 6.01. The van der Waals surface area contributed by atoms with Crippen molar-refractivity contribution in [1.29, 1.82) is 0 Å². The number of para-hydroxylation sites is 1. The molecule has 1 aliphatic heterocycles. The Morgan fingerprint density at radius 2 is 1.89 bits per heavy atom. The molecule has 2 aromatic carbocycles. The number of aryl methyl sites for hydroxylation is 1. The fraction of sp³-hybridized carbons (Fsp3) is 0.429. The Morgan fingerprint density at radius 3 is 2.58 bits per heavy atom. The van der Waals surface area contributed by atoms with Gasteiger partial charge in [0, 0.05) is 9.60 Å². The molecule has 1 saturated heterocycles. The molecule has 0 atom stereocenters. The number of nitrogens with zero attached hydrogens (tertiary/aromatic N) is 2. The molecule has 0 unspecified atom stereocenters. The fourth-order valence-corrected chi connectivity index (χ4v) is 5.21. The summed E-state index contributed by atoms with van der Waals surface area (Å²) in [6.45, 7) is -0.833. The maximum Gasteiger partial charge on any atom is 0.229 e. The summed E-state index contributed by atoms with van der Waals surface area (Å²) in [5.41, 5.74) is 0.315. The van der Waals surface area contributed by atoms with Gasteiger partial charge in [0.15, 0.2) is 15.7 Å². The zero-order chi connectivity index (χ0) is 34.5. The van der Waals surface area contributed by atoms with Gasteiger partial charge in [0.1, 0.15) is 10.8 Å². The topological polar surface area (TPSA) is 105 Å². The number of sulfone groups is 1. The SMILES string of the molecule is [2H]C1([2H])CC(c2cc(OC([2H])(C)C)c(Nc3ncc(Cl)c(Nc4ccccc4S(=O)(=O)C(C)C)n3)cc2C([2H])([2H])[2H])CC([2H])([2H])N1. The van der Waals surface area contributed by atoms with Crippen LogP contribution in [0.3, 0.4) is 0 Å². The lowest BCUT2D eigenvalue weighted by Gasteiger charge is -2.26. The third kappa shape index (κ3) is 6.39. The second-order valence-electron chi connectivity index (χ2n) is 9.26. The smallest absolute Gasteiger partial charge is 0.229 e.